The van der Waals surface area contributed by atoms with Gasteiger partial charge in [0.05, 0.1) is 6.61 Å². The van der Waals surface area contributed by atoms with Gasteiger partial charge in [-0.3, -0.25) is 0 Å². The van der Waals surface area contributed by atoms with Gasteiger partial charge >= 0.3 is 6.61 Å². The zero-order valence-corrected chi connectivity index (χ0v) is 9.41. The molecule has 16 heavy (non-hydrogen) atoms. The number of aliphatic hydroxyl groups is 1. The molecule has 0 aliphatic rings. The van der Waals surface area contributed by atoms with Crippen molar-refractivity contribution in [1.82, 2.24) is 0 Å². The van der Waals surface area contributed by atoms with Gasteiger partial charge in [-0.15, -0.1) is 0 Å². The number of aliphatic hydroxyl groups excluding tert-OH is 1. The minimum absolute atomic E-state index is 0.109. The van der Waals surface area contributed by atoms with Crippen LogP contribution in [0.15, 0.2) is 18.2 Å². The quantitative estimate of drug-likeness (QED) is 0.842. The summed E-state index contributed by atoms with van der Waals surface area (Å²) >= 11 is 0. The molecular weight excluding hydrogens is 214 g/mol. The zero-order chi connectivity index (χ0) is 12.1. The molecule has 1 N–H and O–H groups in total. The van der Waals surface area contributed by atoms with Crippen molar-refractivity contribution >= 4 is 0 Å². The molecule has 0 aromatic heterocycles. The minimum atomic E-state index is -2.83. The molecule has 0 radical (unpaired) electrons. The molecule has 0 spiro atoms. The molecular formula is C12H16F2O2. The Hall–Kier alpha value is -1.16. The summed E-state index contributed by atoms with van der Waals surface area (Å²) in [4.78, 5) is 0. The van der Waals surface area contributed by atoms with Crippen molar-refractivity contribution in [1.29, 1.82) is 0 Å². The lowest BCUT2D eigenvalue weighted by molar-refractivity contribution is -0.0499. The summed E-state index contributed by atoms with van der Waals surface area (Å²) in [5, 5.41) is 9.01. The van der Waals surface area contributed by atoms with Crippen LogP contribution in [0.25, 0.3) is 0 Å². The lowest BCUT2D eigenvalue weighted by Crippen LogP contribution is -2.04. The maximum absolute atomic E-state index is 12.1. The van der Waals surface area contributed by atoms with E-state index in [1.165, 1.54) is 6.07 Å². The molecule has 0 unspecified atom stereocenters. The molecule has 0 aliphatic carbocycles. The molecule has 0 fully saturated rings. The van der Waals surface area contributed by atoms with Crippen LogP contribution in [0.3, 0.4) is 0 Å². The topological polar surface area (TPSA) is 29.5 Å². The van der Waals surface area contributed by atoms with Crippen molar-refractivity contribution in [3.05, 3.63) is 29.3 Å². The first-order valence-electron chi connectivity index (χ1n) is 5.19. The maximum atomic E-state index is 12.1. The average Bonchev–Trinajstić information content (AvgIpc) is 2.14. The van der Waals surface area contributed by atoms with Crippen LogP contribution in [-0.4, -0.2) is 11.7 Å². The van der Waals surface area contributed by atoms with Crippen LogP contribution in [0, 0.1) is 5.92 Å². The van der Waals surface area contributed by atoms with Gasteiger partial charge in [0.15, 0.2) is 0 Å². The lowest BCUT2D eigenvalue weighted by atomic mass is 10.0. The largest absolute Gasteiger partial charge is 0.435 e. The van der Waals surface area contributed by atoms with Gasteiger partial charge in [-0.25, -0.2) is 0 Å². The summed E-state index contributed by atoms with van der Waals surface area (Å²) in [6.45, 7) is 1.07. The SMILES string of the molecule is CC(C)Cc1cc(CO)cc(OC(F)F)c1. The van der Waals surface area contributed by atoms with E-state index in [2.05, 4.69) is 4.74 Å². The van der Waals surface area contributed by atoms with Crippen LogP contribution < -0.4 is 4.74 Å². The van der Waals surface area contributed by atoms with Crippen LogP contribution >= 0.6 is 0 Å². The Bertz CT molecular complexity index is 310. The van der Waals surface area contributed by atoms with E-state index in [0.717, 1.165) is 12.0 Å². The molecule has 2 nitrogen and oxygen atoms in total. The van der Waals surface area contributed by atoms with Gasteiger partial charge in [0.2, 0.25) is 0 Å². The average molecular weight is 230 g/mol. The van der Waals surface area contributed by atoms with Crippen molar-refractivity contribution in [2.75, 3.05) is 0 Å². The molecule has 0 saturated heterocycles. The van der Waals surface area contributed by atoms with E-state index in [1.807, 2.05) is 13.8 Å². The highest BCUT2D eigenvalue weighted by Crippen LogP contribution is 2.21. The van der Waals surface area contributed by atoms with Gasteiger partial charge in [0.1, 0.15) is 5.75 Å². The highest BCUT2D eigenvalue weighted by Gasteiger charge is 2.08. The van der Waals surface area contributed by atoms with Gasteiger partial charge in [-0.1, -0.05) is 19.9 Å². The summed E-state index contributed by atoms with van der Waals surface area (Å²) in [5.41, 5.74) is 1.49. The maximum Gasteiger partial charge on any atom is 0.387 e. The van der Waals surface area contributed by atoms with Gasteiger partial charge in [-0.2, -0.15) is 8.78 Å². The fraction of sp³-hybridized carbons (Fsp3) is 0.500. The van der Waals surface area contributed by atoms with E-state index in [9.17, 15) is 8.78 Å². The predicted molar refractivity (Wildman–Crippen MR) is 57.5 cm³/mol. The summed E-state index contributed by atoms with van der Waals surface area (Å²) in [6, 6.07) is 4.82. The molecule has 90 valence electrons. The number of hydrogen-bond donors (Lipinski definition) is 1. The Morgan fingerprint density at radius 1 is 1.19 bits per heavy atom. The molecule has 0 saturated carbocycles. The van der Waals surface area contributed by atoms with Crippen molar-refractivity contribution in [2.24, 2.45) is 5.92 Å². The van der Waals surface area contributed by atoms with E-state index in [4.69, 9.17) is 5.11 Å². The molecule has 0 bridgehead atoms. The Balaban J connectivity index is 2.91. The lowest BCUT2D eigenvalue weighted by Gasteiger charge is -2.11. The van der Waals surface area contributed by atoms with Crippen molar-refractivity contribution in [2.45, 2.75) is 33.5 Å². The predicted octanol–water partition coefficient (Wildman–Crippen LogP) is 2.98. The van der Waals surface area contributed by atoms with E-state index < -0.39 is 6.61 Å². The second-order valence-corrected chi connectivity index (χ2v) is 4.12. The van der Waals surface area contributed by atoms with E-state index in [1.54, 1.807) is 12.1 Å². The van der Waals surface area contributed by atoms with Crippen LogP contribution in [0.4, 0.5) is 8.78 Å². The molecule has 4 heteroatoms. The molecule has 0 aliphatic heterocycles. The first-order chi connectivity index (χ1) is 7.51. The third kappa shape index (κ3) is 4.14. The Morgan fingerprint density at radius 2 is 1.81 bits per heavy atom. The molecule has 1 aromatic carbocycles. The standard InChI is InChI=1S/C12H16F2O2/c1-8(2)3-9-4-10(7-15)6-11(5-9)16-12(13)14/h4-6,8,12,15H,3,7H2,1-2H3. The monoisotopic (exact) mass is 230 g/mol. The van der Waals surface area contributed by atoms with Gasteiger partial charge < -0.3 is 9.84 Å². The van der Waals surface area contributed by atoms with Crippen LogP contribution in [0.5, 0.6) is 5.75 Å². The van der Waals surface area contributed by atoms with Crippen LogP contribution in [-0.2, 0) is 13.0 Å². The van der Waals surface area contributed by atoms with E-state index in [0.29, 0.717) is 11.5 Å². The molecule has 1 rings (SSSR count). The van der Waals surface area contributed by atoms with Crippen LogP contribution in [0.2, 0.25) is 0 Å². The fourth-order valence-electron chi connectivity index (χ4n) is 1.58. The number of alkyl halides is 2. The molecule has 0 heterocycles. The Kier molecular flexibility index (Phi) is 4.68. The van der Waals surface area contributed by atoms with Crippen molar-refractivity contribution < 1.29 is 18.6 Å². The van der Waals surface area contributed by atoms with E-state index >= 15 is 0 Å². The number of rotatable bonds is 5. The number of ether oxygens (including phenoxy) is 1. The second-order valence-electron chi connectivity index (χ2n) is 4.12. The summed E-state index contributed by atoms with van der Waals surface area (Å²) in [6.07, 6.45) is 0.771. The van der Waals surface area contributed by atoms with Crippen molar-refractivity contribution in [3.8, 4) is 5.75 Å². The Morgan fingerprint density at radius 3 is 2.31 bits per heavy atom. The summed E-state index contributed by atoms with van der Waals surface area (Å²) in [7, 11) is 0. The van der Waals surface area contributed by atoms with Gasteiger partial charge in [0.25, 0.3) is 0 Å². The number of halogens is 2. The molecule has 0 atom stereocenters. The third-order valence-electron chi connectivity index (χ3n) is 2.08. The van der Waals surface area contributed by atoms with Crippen molar-refractivity contribution in [3.63, 3.8) is 0 Å². The minimum Gasteiger partial charge on any atom is -0.435 e. The number of benzene rings is 1. The zero-order valence-electron chi connectivity index (χ0n) is 9.41. The second kappa shape index (κ2) is 5.80. The molecule has 1 aromatic rings. The van der Waals surface area contributed by atoms with Gasteiger partial charge in [0, 0.05) is 0 Å². The first-order valence-corrected chi connectivity index (χ1v) is 5.19. The van der Waals surface area contributed by atoms with Gasteiger partial charge in [-0.05, 0) is 35.6 Å². The highest BCUT2D eigenvalue weighted by molar-refractivity contribution is 5.34. The Labute approximate surface area is 93.9 Å². The van der Waals surface area contributed by atoms with Crippen LogP contribution in [0.1, 0.15) is 25.0 Å². The smallest absolute Gasteiger partial charge is 0.387 e. The third-order valence-corrected chi connectivity index (χ3v) is 2.08. The highest BCUT2D eigenvalue weighted by atomic mass is 19.3. The van der Waals surface area contributed by atoms with E-state index in [-0.39, 0.29) is 12.4 Å². The first kappa shape index (κ1) is 12.9. The summed E-state index contributed by atoms with van der Waals surface area (Å²) < 4.78 is 28.5. The number of hydrogen-bond acceptors (Lipinski definition) is 2. The normalized spacial score (nSPS) is 11.2. The fourth-order valence-corrected chi connectivity index (χ4v) is 1.58. The summed E-state index contributed by atoms with van der Waals surface area (Å²) in [5.74, 6) is 0.533. The molecule has 0 amide bonds.